The van der Waals surface area contributed by atoms with Crippen molar-refractivity contribution in [3.63, 3.8) is 0 Å². The van der Waals surface area contributed by atoms with Gasteiger partial charge in [-0.2, -0.15) is 0 Å². The van der Waals surface area contributed by atoms with Gasteiger partial charge in [0.1, 0.15) is 6.04 Å². The van der Waals surface area contributed by atoms with Crippen LogP contribution in [0.4, 0.5) is 0 Å². The number of hydrogen-bond donors (Lipinski definition) is 1. The van der Waals surface area contributed by atoms with E-state index in [0.29, 0.717) is 6.61 Å². The molecule has 15 heavy (non-hydrogen) atoms. The van der Waals surface area contributed by atoms with Crippen LogP contribution in [-0.2, 0) is 9.53 Å². The maximum absolute atomic E-state index is 11.5. The number of carbonyl (C=O) groups excluding carboxylic acids is 1. The van der Waals surface area contributed by atoms with Gasteiger partial charge in [-0.05, 0) is 27.3 Å². The van der Waals surface area contributed by atoms with Crippen molar-refractivity contribution in [2.75, 3.05) is 20.3 Å². The summed E-state index contributed by atoms with van der Waals surface area (Å²) in [5, 5.41) is 8.96. The van der Waals surface area contributed by atoms with Crippen LogP contribution in [0.2, 0.25) is 0 Å². The minimum Gasteiger partial charge on any atom is -0.465 e. The summed E-state index contributed by atoms with van der Waals surface area (Å²) in [7, 11) is 1.81. The van der Waals surface area contributed by atoms with Crippen molar-refractivity contribution in [1.29, 1.82) is 0 Å². The molecule has 0 aliphatic rings. The van der Waals surface area contributed by atoms with E-state index in [1.54, 1.807) is 6.92 Å². The first-order valence-electron chi connectivity index (χ1n) is 5.54. The maximum atomic E-state index is 11.5. The number of aliphatic hydroxyl groups is 1. The number of nitrogens with zero attached hydrogens (tertiary/aromatic N) is 1. The quantitative estimate of drug-likeness (QED) is 0.511. The Morgan fingerprint density at radius 3 is 2.53 bits per heavy atom. The van der Waals surface area contributed by atoms with Crippen LogP contribution in [-0.4, -0.2) is 48.3 Å². The summed E-state index contributed by atoms with van der Waals surface area (Å²) in [5.74, 6) is -0.216. The van der Waals surface area contributed by atoms with Crippen LogP contribution in [0, 0.1) is 0 Å². The fourth-order valence-electron chi connectivity index (χ4n) is 1.11. The van der Waals surface area contributed by atoms with Crippen LogP contribution in [0.5, 0.6) is 0 Å². The molecule has 0 radical (unpaired) electrons. The maximum Gasteiger partial charge on any atom is 0.323 e. The molecule has 4 heteroatoms. The van der Waals surface area contributed by atoms with E-state index in [2.05, 4.69) is 6.92 Å². The summed E-state index contributed by atoms with van der Waals surface area (Å²) >= 11 is 0. The molecule has 0 spiro atoms. The number of likely N-dealkylation sites (N-methyl/N-ethyl adjacent to an activating group) is 1. The highest BCUT2D eigenvalue weighted by Crippen LogP contribution is 2.04. The Morgan fingerprint density at radius 2 is 2.07 bits per heavy atom. The highest BCUT2D eigenvalue weighted by molar-refractivity contribution is 5.75. The van der Waals surface area contributed by atoms with Gasteiger partial charge in [-0.1, -0.05) is 13.3 Å². The van der Waals surface area contributed by atoms with Gasteiger partial charge in [-0.25, -0.2) is 0 Å². The van der Waals surface area contributed by atoms with E-state index in [9.17, 15) is 4.79 Å². The molecule has 0 rings (SSSR count). The molecule has 0 aliphatic carbocycles. The summed E-state index contributed by atoms with van der Waals surface area (Å²) in [6, 6.07) is -0.331. The van der Waals surface area contributed by atoms with E-state index in [-0.39, 0.29) is 24.7 Å². The smallest absolute Gasteiger partial charge is 0.323 e. The fraction of sp³-hybridized carbons (Fsp3) is 0.909. The number of aliphatic hydroxyl groups excluding tert-OH is 1. The predicted molar refractivity (Wildman–Crippen MR) is 59.6 cm³/mol. The van der Waals surface area contributed by atoms with Gasteiger partial charge >= 0.3 is 5.97 Å². The van der Waals surface area contributed by atoms with E-state index in [0.717, 1.165) is 12.8 Å². The molecule has 2 atom stereocenters. The molecular weight excluding hydrogens is 194 g/mol. The zero-order chi connectivity index (χ0) is 11.8. The van der Waals surface area contributed by atoms with E-state index < -0.39 is 0 Å². The third-order valence-electron chi connectivity index (χ3n) is 2.65. The first-order valence-corrected chi connectivity index (χ1v) is 5.54. The number of ether oxygens (including phenoxy) is 1. The van der Waals surface area contributed by atoms with Gasteiger partial charge in [0.15, 0.2) is 0 Å². The zero-order valence-electron chi connectivity index (χ0n) is 10.2. The highest BCUT2D eigenvalue weighted by Gasteiger charge is 2.22. The third kappa shape index (κ3) is 5.14. The topological polar surface area (TPSA) is 49.8 Å². The molecule has 0 amide bonds. The van der Waals surface area contributed by atoms with E-state index in [1.807, 2.05) is 18.9 Å². The second-order valence-corrected chi connectivity index (χ2v) is 3.89. The first-order chi connectivity index (χ1) is 7.04. The summed E-state index contributed by atoms with van der Waals surface area (Å²) in [6.07, 6.45) is 1.92. The SMILES string of the molecule is CCCCOC(=O)C(C)N(C)C(C)CO. The van der Waals surface area contributed by atoms with Gasteiger partial charge in [0.2, 0.25) is 0 Å². The van der Waals surface area contributed by atoms with Crippen molar-refractivity contribution < 1.29 is 14.6 Å². The Hall–Kier alpha value is -0.610. The Labute approximate surface area is 92.2 Å². The summed E-state index contributed by atoms with van der Waals surface area (Å²) in [6.45, 7) is 6.25. The second-order valence-electron chi connectivity index (χ2n) is 3.89. The first kappa shape index (κ1) is 14.4. The lowest BCUT2D eigenvalue weighted by atomic mass is 10.2. The predicted octanol–water partition coefficient (Wildman–Crippen LogP) is 1.03. The Bertz CT molecular complexity index is 185. The van der Waals surface area contributed by atoms with Crippen LogP contribution in [0.1, 0.15) is 33.6 Å². The second kappa shape index (κ2) is 7.65. The summed E-state index contributed by atoms with van der Waals surface area (Å²) in [5.41, 5.74) is 0. The van der Waals surface area contributed by atoms with Crippen molar-refractivity contribution in [3.8, 4) is 0 Å². The average molecular weight is 217 g/mol. The van der Waals surface area contributed by atoms with Gasteiger partial charge in [-0.15, -0.1) is 0 Å². The number of rotatable bonds is 7. The van der Waals surface area contributed by atoms with Crippen LogP contribution >= 0.6 is 0 Å². The molecule has 2 unspecified atom stereocenters. The average Bonchev–Trinajstić information content (AvgIpc) is 2.26. The minimum atomic E-state index is -0.302. The van der Waals surface area contributed by atoms with E-state index in [1.165, 1.54) is 0 Å². The van der Waals surface area contributed by atoms with Gasteiger partial charge in [-0.3, -0.25) is 9.69 Å². The van der Waals surface area contributed by atoms with Gasteiger partial charge in [0.05, 0.1) is 13.2 Å². The standard InChI is InChI=1S/C11H23NO3/c1-5-6-7-15-11(14)10(3)12(4)9(2)8-13/h9-10,13H,5-8H2,1-4H3. The van der Waals surface area contributed by atoms with Crippen molar-refractivity contribution >= 4 is 5.97 Å². The van der Waals surface area contributed by atoms with Crippen molar-refractivity contribution in [1.82, 2.24) is 4.90 Å². The minimum absolute atomic E-state index is 0.0290. The molecule has 4 nitrogen and oxygen atoms in total. The number of unbranched alkanes of at least 4 members (excludes halogenated alkanes) is 1. The Kier molecular flexibility index (Phi) is 7.34. The molecule has 0 saturated carbocycles. The number of carbonyl (C=O) groups is 1. The highest BCUT2D eigenvalue weighted by atomic mass is 16.5. The van der Waals surface area contributed by atoms with Crippen LogP contribution in [0.3, 0.4) is 0 Å². The molecule has 0 heterocycles. The van der Waals surface area contributed by atoms with Crippen molar-refractivity contribution in [2.45, 2.75) is 45.7 Å². The Balaban J connectivity index is 3.96. The fourth-order valence-corrected chi connectivity index (χ4v) is 1.11. The largest absolute Gasteiger partial charge is 0.465 e. The lowest BCUT2D eigenvalue weighted by molar-refractivity contribution is -0.150. The Morgan fingerprint density at radius 1 is 1.47 bits per heavy atom. The van der Waals surface area contributed by atoms with Crippen LogP contribution in [0.25, 0.3) is 0 Å². The summed E-state index contributed by atoms with van der Waals surface area (Å²) in [4.78, 5) is 13.3. The van der Waals surface area contributed by atoms with Crippen LogP contribution < -0.4 is 0 Å². The van der Waals surface area contributed by atoms with Gasteiger partial charge < -0.3 is 9.84 Å². The van der Waals surface area contributed by atoms with E-state index >= 15 is 0 Å². The molecule has 0 aromatic carbocycles. The third-order valence-corrected chi connectivity index (χ3v) is 2.65. The lowest BCUT2D eigenvalue weighted by Crippen LogP contribution is -2.44. The van der Waals surface area contributed by atoms with Crippen LogP contribution in [0.15, 0.2) is 0 Å². The summed E-state index contributed by atoms with van der Waals surface area (Å²) < 4.78 is 5.10. The molecule has 0 aromatic heterocycles. The van der Waals surface area contributed by atoms with Gasteiger partial charge in [0.25, 0.3) is 0 Å². The molecule has 1 N–H and O–H groups in total. The van der Waals surface area contributed by atoms with E-state index in [4.69, 9.17) is 9.84 Å². The molecule has 0 saturated heterocycles. The molecule has 0 aromatic rings. The monoisotopic (exact) mass is 217 g/mol. The molecule has 0 fully saturated rings. The van der Waals surface area contributed by atoms with Crippen molar-refractivity contribution in [3.05, 3.63) is 0 Å². The van der Waals surface area contributed by atoms with Gasteiger partial charge in [0, 0.05) is 6.04 Å². The van der Waals surface area contributed by atoms with Crippen molar-refractivity contribution in [2.24, 2.45) is 0 Å². The molecule has 0 aliphatic heterocycles. The molecule has 0 bridgehead atoms. The normalized spacial score (nSPS) is 15.1. The lowest BCUT2D eigenvalue weighted by Gasteiger charge is -2.27. The molecule has 90 valence electrons. The zero-order valence-corrected chi connectivity index (χ0v) is 10.2. The number of hydrogen-bond acceptors (Lipinski definition) is 4. The number of esters is 1. The molecular formula is C11H23NO3.